The van der Waals surface area contributed by atoms with E-state index >= 15 is 0 Å². The molecule has 1 atom stereocenters. The lowest BCUT2D eigenvalue weighted by Crippen LogP contribution is -2.67. The van der Waals surface area contributed by atoms with Gasteiger partial charge in [0, 0.05) is 0 Å². The third-order valence-electron chi connectivity index (χ3n) is 2.86. The Bertz CT molecular complexity index is 209. The van der Waals surface area contributed by atoms with Gasteiger partial charge in [0.1, 0.15) is 6.23 Å². The Balaban J connectivity index is 2.58. The van der Waals surface area contributed by atoms with Crippen LogP contribution in [0, 0.1) is 5.41 Å². The van der Waals surface area contributed by atoms with Crippen LogP contribution in [0.2, 0.25) is 0 Å². The molecule has 3 heteroatoms. The van der Waals surface area contributed by atoms with Gasteiger partial charge in [0.2, 0.25) is 5.91 Å². The molecule has 0 aromatic carbocycles. The van der Waals surface area contributed by atoms with Crippen LogP contribution in [-0.4, -0.2) is 18.7 Å². The quantitative estimate of drug-likeness (QED) is 0.517. The van der Waals surface area contributed by atoms with E-state index in [2.05, 4.69) is 11.9 Å². The normalized spacial score (nSPS) is 24.8. The number of amides is 1. The lowest BCUT2D eigenvalue weighted by molar-refractivity contribution is -0.173. The molecule has 1 rings (SSSR count). The van der Waals surface area contributed by atoms with Gasteiger partial charge in [0.05, 0.1) is 12.0 Å². The van der Waals surface area contributed by atoms with E-state index in [-0.39, 0.29) is 17.6 Å². The first-order chi connectivity index (χ1) is 6.21. The van der Waals surface area contributed by atoms with Gasteiger partial charge in [-0.05, 0) is 12.8 Å². The number of β-lactam (4-membered cyclic amide) rings is 1. The van der Waals surface area contributed by atoms with Crippen molar-refractivity contribution >= 4 is 5.91 Å². The highest BCUT2D eigenvalue weighted by Crippen LogP contribution is 2.38. The van der Waals surface area contributed by atoms with Crippen molar-refractivity contribution in [3.8, 4) is 0 Å². The molecule has 13 heavy (non-hydrogen) atoms. The van der Waals surface area contributed by atoms with E-state index in [9.17, 15) is 4.79 Å². The molecule has 0 aliphatic carbocycles. The Kier molecular flexibility index (Phi) is 3.09. The maximum Gasteiger partial charge on any atom is 0.232 e. The third-order valence-corrected chi connectivity index (χ3v) is 2.86. The van der Waals surface area contributed by atoms with Crippen molar-refractivity contribution in [3.63, 3.8) is 0 Å². The highest BCUT2D eigenvalue weighted by Gasteiger charge is 2.53. The summed E-state index contributed by atoms with van der Waals surface area (Å²) >= 11 is 0. The summed E-state index contributed by atoms with van der Waals surface area (Å²) in [7, 11) is 0. The average molecular weight is 183 g/mol. The number of hydrogen-bond acceptors (Lipinski definition) is 2. The number of hydrogen-bond donors (Lipinski definition) is 1. The van der Waals surface area contributed by atoms with Crippen molar-refractivity contribution in [2.45, 2.75) is 32.9 Å². The van der Waals surface area contributed by atoms with Crippen LogP contribution in [0.4, 0.5) is 0 Å². The molecule has 1 heterocycles. The van der Waals surface area contributed by atoms with E-state index < -0.39 is 0 Å². The van der Waals surface area contributed by atoms with Gasteiger partial charge in [-0.25, -0.2) is 0 Å². The Hall–Kier alpha value is -0.830. The number of ether oxygens (including phenoxy) is 1. The van der Waals surface area contributed by atoms with Gasteiger partial charge in [-0.15, -0.1) is 6.58 Å². The first-order valence-electron chi connectivity index (χ1n) is 4.74. The standard InChI is InChI=1S/C10H17NO2/c1-4-7-13-9-10(5-2,6-3)8(12)11-9/h4,9H,1,5-7H2,2-3H3,(H,11,12). The Labute approximate surface area is 79.2 Å². The van der Waals surface area contributed by atoms with Crippen LogP contribution < -0.4 is 5.32 Å². The monoisotopic (exact) mass is 183 g/mol. The highest BCUT2D eigenvalue weighted by atomic mass is 16.5. The van der Waals surface area contributed by atoms with E-state index in [1.54, 1.807) is 6.08 Å². The lowest BCUT2D eigenvalue weighted by atomic mass is 9.73. The molecule has 3 nitrogen and oxygen atoms in total. The van der Waals surface area contributed by atoms with Crippen molar-refractivity contribution < 1.29 is 9.53 Å². The summed E-state index contributed by atoms with van der Waals surface area (Å²) in [5, 5.41) is 2.76. The topological polar surface area (TPSA) is 38.3 Å². The smallest absolute Gasteiger partial charge is 0.232 e. The van der Waals surface area contributed by atoms with E-state index in [1.165, 1.54) is 0 Å². The second-order valence-corrected chi connectivity index (χ2v) is 3.34. The second-order valence-electron chi connectivity index (χ2n) is 3.34. The summed E-state index contributed by atoms with van der Waals surface area (Å²) in [4.78, 5) is 11.4. The maximum absolute atomic E-state index is 11.4. The lowest BCUT2D eigenvalue weighted by Gasteiger charge is -2.47. The number of carbonyl (C=O) groups is 1. The van der Waals surface area contributed by atoms with Gasteiger partial charge in [-0.1, -0.05) is 19.9 Å². The predicted molar refractivity (Wildman–Crippen MR) is 51.1 cm³/mol. The fraction of sp³-hybridized carbons (Fsp3) is 0.700. The minimum Gasteiger partial charge on any atom is -0.353 e. The average Bonchev–Trinajstić information content (AvgIpc) is 2.14. The molecule has 1 aliphatic rings. The van der Waals surface area contributed by atoms with E-state index in [4.69, 9.17) is 4.74 Å². The summed E-state index contributed by atoms with van der Waals surface area (Å²) in [6, 6.07) is 0. The fourth-order valence-corrected chi connectivity index (χ4v) is 1.75. The highest BCUT2D eigenvalue weighted by molar-refractivity contribution is 5.89. The molecular formula is C10H17NO2. The molecule has 1 aliphatic heterocycles. The summed E-state index contributed by atoms with van der Waals surface area (Å²) in [5.41, 5.74) is -0.289. The van der Waals surface area contributed by atoms with Gasteiger partial charge < -0.3 is 10.1 Å². The van der Waals surface area contributed by atoms with Crippen molar-refractivity contribution in [2.24, 2.45) is 5.41 Å². The zero-order chi connectivity index (χ0) is 9.90. The van der Waals surface area contributed by atoms with Crippen LogP contribution in [0.1, 0.15) is 26.7 Å². The van der Waals surface area contributed by atoms with Gasteiger partial charge in [-0.2, -0.15) is 0 Å². The largest absolute Gasteiger partial charge is 0.353 e. The molecule has 1 unspecified atom stereocenters. The minimum absolute atomic E-state index is 0.117. The zero-order valence-corrected chi connectivity index (χ0v) is 8.30. The van der Waals surface area contributed by atoms with Crippen LogP contribution in [0.5, 0.6) is 0 Å². The Morgan fingerprint density at radius 2 is 2.23 bits per heavy atom. The first kappa shape index (κ1) is 10.3. The van der Waals surface area contributed by atoms with Crippen molar-refractivity contribution in [3.05, 3.63) is 12.7 Å². The number of rotatable bonds is 5. The number of carbonyl (C=O) groups excluding carboxylic acids is 1. The molecule has 0 spiro atoms. The Morgan fingerprint density at radius 1 is 1.62 bits per heavy atom. The molecule has 0 saturated carbocycles. The zero-order valence-electron chi connectivity index (χ0n) is 8.30. The molecule has 1 fully saturated rings. The summed E-state index contributed by atoms with van der Waals surface area (Å²) in [6.07, 6.45) is 3.24. The molecule has 1 saturated heterocycles. The first-order valence-corrected chi connectivity index (χ1v) is 4.74. The Morgan fingerprint density at radius 3 is 2.62 bits per heavy atom. The van der Waals surface area contributed by atoms with Gasteiger partial charge in [0.15, 0.2) is 0 Å². The van der Waals surface area contributed by atoms with Crippen molar-refractivity contribution in [1.29, 1.82) is 0 Å². The van der Waals surface area contributed by atoms with E-state index in [0.717, 1.165) is 12.8 Å². The van der Waals surface area contributed by atoms with Crippen LogP contribution >= 0.6 is 0 Å². The molecule has 1 N–H and O–H groups in total. The molecule has 1 amide bonds. The molecule has 0 aromatic rings. The van der Waals surface area contributed by atoms with E-state index in [1.807, 2.05) is 13.8 Å². The maximum atomic E-state index is 11.4. The minimum atomic E-state index is -0.289. The predicted octanol–water partition coefficient (Wildman–Crippen LogP) is 1.45. The summed E-state index contributed by atoms with van der Waals surface area (Å²) < 4.78 is 5.45. The van der Waals surface area contributed by atoms with Crippen molar-refractivity contribution in [1.82, 2.24) is 5.32 Å². The SMILES string of the molecule is C=CCOC1NC(=O)C1(CC)CC. The molecular weight excluding hydrogens is 166 g/mol. The fourth-order valence-electron chi connectivity index (χ4n) is 1.75. The molecule has 0 aromatic heterocycles. The third kappa shape index (κ3) is 1.48. The number of nitrogens with one attached hydrogen (secondary N) is 1. The second kappa shape index (κ2) is 3.92. The summed E-state index contributed by atoms with van der Waals surface area (Å²) in [5.74, 6) is 0.117. The molecule has 74 valence electrons. The molecule has 0 radical (unpaired) electrons. The van der Waals surface area contributed by atoms with E-state index in [0.29, 0.717) is 6.61 Å². The molecule has 0 bridgehead atoms. The van der Waals surface area contributed by atoms with Crippen molar-refractivity contribution in [2.75, 3.05) is 6.61 Å². The van der Waals surface area contributed by atoms with Gasteiger partial charge in [-0.3, -0.25) is 4.79 Å². The summed E-state index contributed by atoms with van der Waals surface area (Å²) in [6.45, 7) is 8.11. The van der Waals surface area contributed by atoms with Gasteiger partial charge in [0.25, 0.3) is 0 Å². The van der Waals surface area contributed by atoms with Gasteiger partial charge >= 0.3 is 0 Å². The van der Waals surface area contributed by atoms with Crippen LogP contribution in [0.3, 0.4) is 0 Å². The van der Waals surface area contributed by atoms with Crippen LogP contribution in [0.25, 0.3) is 0 Å². The van der Waals surface area contributed by atoms with Crippen LogP contribution in [-0.2, 0) is 9.53 Å². The van der Waals surface area contributed by atoms with Crippen LogP contribution in [0.15, 0.2) is 12.7 Å².